The SMILES string of the molecule is Cc1cc(C)n(C[C@@H](C)NCc2cc(-c3ccc(Cl)cc3)c[nH]c2=O)n1. The fraction of sp³-hybridized carbons (Fsp3) is 0.300. The molecule has 2 N–H and O–H groups in total. The number of halogens is 1. The molecule has 0 saturated carbocycles. The highest BCUT2D eigenvalue weighted by atomic mass is 35.5. The average Bonchev–Trinajstić information content (AvgIpc) is 2.92. The number of H-pyrrole nitrogens is 1. The van der Waals surface area contributed by atoms with Crippen molar-refractivity contribution in [2.45, 2.75) is 39.9 Å². The largest absolute Gasteiger partial charge is 0.328 e. The summed E-state index contributed by atoms with van der Waals surface area (Å²) in [4.78, 5) is 15.0. The van der Waals surface area contributed by atoms with Crippen LogP contribution < -0.4 is 10.9 Å². The van der Waals surface area contributed by atoms with E-state index in [1.165, 1.54) is 0 Å². The predicted molar refractivity (Wildman–Crippen MR) is 106 cm³/mol. The van der Waals surface area contributed by atoms with Crippen molar-refractivity contribution in [3.8, 4) is 11.1 Å². The van der Waals surface area contributed by atoms with E-state index in [0.29, 0.717) is 17.1 Å². The van der Waals surface area contributed by atoms with Crippen molar-refractivity contribution >= 4 is 11.6 Å². The number of benzene rings is 1. The molecule has 136 valence electrons. The van der Waals surface area contributed by atoms with Crippen LogP contribution in [0.5, 0.6) is 0 Å². The zero-order chi connectivity index (χ0) is 18.7. The smallest absolute Gasteiger partial charge is 0.252 e. The third kappa shape index (κ3) is 4.42. The molecule has 2 heterocycles. The van der Waals surface area contributed by atoms with E-state index in [0.717, 1.165) is 29.1 Å². The third-order valence-corrected chi connectivity index (χ3v) is 4.60. The maximum Gasteiger partial charge on any atom is 0.252 e. The number of aryl methyl sites for hydroxylation is 2. The molecule has 0 spiro atoms. The van der Waals surface area contributed by atoms with Gasteiger partial charge in [0.2, 0.25) is 0 Å². The lowest BCUT2D eigenvalue weighted by molar-refractivity contribution is 0.443. The van der Waals surface area contributed by atoms with E-state index in [-0.39, 0.29) is 11.6 Å². The summed E-state index contributed by atoms with van der Waals surface area (Å²) in [7, 11) is 0. The molecule has 0 saturated heterocycles. The van der Waals surface area contributed by atoms with Gasteiger partial charge in [0.15, 0.2) is 0 Å². The first-order valence-corrected chi connectivity index (χ1v) is 9.02. The van der Waals surface area contributed by atoms with Crippen LogP contribution in [0.2, 0.25) is 5.02 Å². The quantitative estimate of drug-likeness (QED) is 0.695. The Hall–Kier alpha value is -2.37. The van der Waals surface area contributed by atoms with Gasteiger partial charge in [0.25, 0.3) is 5.56 Å². The van der Waals surface area contributed by atoms with Crippen LogP contribution in [0.3, 0.4) is 0 Å². The van der Waals surface area contributed by atoms with Gasteiger partial charge in [-0.3, -0.25) is 9.48 Å². The van der Waals surface area contributed by atoms with Crippen molar-refractivity contribution in [1.29, 1.82) is 0 Å². The monoisotopic (exact) mass is 370 g/mol. The molecule has 0 aliphatic heterocycles. The Morgan fingerprint density at radius 3 is 2.58 bits per heavy atom. The van der Waals surface area contributed by atoms with Crippen LogP contribution in [0, 0.1) is 13.8 Å². The standard InChI is InChI=1S/C20H23ClN4O/c1-13-8-15(3)25(24-13)12-14(2)22-11-18-9-17(10-23-20(18)26)16-4-6-19(21)7-5-16/h4-10,14,22H,11-12H2,1-3H3,(H,23,26)/t14-/m1/s1. The van der Waals surface area contributed by atoms with E-state index < -0.39 is 0 Å². The molecule has 2 aromatic heterocycles. The Labute approximate surface area is 158 Å². The zero-order valence-corrected chi connectivity index (χ0v) is 16.0. The number of nitrogens with zero attached hydrogens (tertiary/aromatic N) is 2. The number of pyridine rings is 1. The summed E-state index contributed by atoms with van der Waals surface area (Å²) < 4.78 is 1.99. The number of hydrogen-bond donors (Lipinski definition) is 2. The van der Waals surface area contributed by atoms with E-state index in [4.69, 9.17) is 11.6 Å². The molecule has 26 heavy (non-hydrogen) atoms. The van der Waals surface area contributed by atoms with Gasteiger partial charge >= 0.3 is 0 Å². The second kappa shape index (κ2) is 7.89. The fourth-order valence-corrected chi connectivity index (χ4v) is 3.07. The van der Waals surface area contributed by atoms with Crippen LogP contribution in [0.25, 0.3) is 11.1 Å². The minimum absolute atomic E-state index is 0.0754. The first-order valence-electron chi connectivity index (χ1n) is 8.64. The van der Waals surface area contributed by atoms with E-state index in [1.54, 1.807) is 6.20 Å². The number of hydrogen-bond acceptors (Lipinski definition) is 3. The van der Waals surface area contributed by atoms with Gasteiger partial charge in [0.1, 0.15) is 0 Å². The highest BCUT2D eigenvalue weighted by Gasteiger charge is 2.09. The molecule has 0 unspecified atom stereocenters. The van der Waals surface area contributed by atoms with Crippen LogP contribution in [0.15, 0.2) is 47.4 Å². The summed E-state index contributed by atoms with van der Waals surface area (Å²) >= 11 is 5.94. The lowest BCUT2D eigenvalue weighted by Gasteiger charge is -2.15. The first kappa shape index (κ1) is 18.4. The Morgan fingerprint density at radius 1 is 1.19 bits per heavy atom. The summed E-state index contributed by atoms with van der Waals surface area (Å²) in [5.41, 5.74) is 4.76. The van der Waals surface area contributed by atoms with Gasteiger partial charge in [-0.1, -0.05) is 23.7 Å². The van der Waals surface area contributed by atoms with Gasteiger partial charge in [0.05, 0.1) is 12.2 Å². The van der Waals surface area contributed by atoms with Gasteiger partial charge in [-0.25, -0.2) is 0 Å². The Morgan fingerprint density at radius 2 is 1.92 bits per heavy atom. The molecule has 3 aromatic rings. The minimum atomic E-state index is -0.0754. The van der Waals surface area contributed by atoms with Crippen LogP contribution >= 0.6 is 11.6 Å². The first-order chi connectivity index (χ1) is 12.4. The highest BCUT2D eigenvalue weighted by Crippen LogP contribution is 2.20. The molecule has 6 heteroatoms. The number of aromatic nitrogens is 3. The molecular formula is C20H23ClN4O. The van der Waals surface area contributed by atoms with Gasteiger partial charge in [0, 0.05) is 35.1 Å². The van der Waals surface area contributed by atoms with Crippen molar-refractivity contribution in [2.75, 3.05) is 0 Å². The summed E-state index contributed by atoms with van der Waals surface area (Å²) in [6.45, 7) is 7.38. The minimum Gasteiger partial charge on any atom is -0.328 e. The fourth-order valence-electron chi connectivity index (χ4n) is 2.94. The molecule has 5 nitrogen and oxygen atoms in total. The summed E-state index contributed by atoms with van der Waals surface area (Å²) in [6, 6.07) is 11.7. The lowest BCUT2D eigenvalue weighted by atomic mass is 10.1. The van der Waals surface area contributed by atoms with Crippen LogP contribution in [-0.4, -0.2) is 20.8 Å². The molecule has 0 aliphatic carbocycles. The van der Waals surface area contributed by atoms with Crippen LogP contribution in [-0.2, 0) is 13.1 Å². The van der Waals surface area contributed by atoms with Gasteiger partial charge in [-0.05, 0) is 56.2 Å². The normalized spacial score (nSPS) is 12.3. The number of rotatable bonds is 6. The van der Waals surface area contributed by atoms with E-state index >= 15 is 0 Å². The van der Waals surface area contributed by atoms with E-state index in [2.05, 4.69) is 28.4 Å². The van der Waals surface area contributed by atoms with Crippen LogP contribution in [0.4, 0.5) is 0 Å². The topological polar surface area (TPSA) is 62.7 Å². The Balaban J connectivity index is 1.69. The molecule has 0 amide bonds. The van der Waals surface area contributed by atoms with Crippen molar-refractivity contribution < 1.29 is 0 Å². The molecule has 1 aromatic carbocycles. The van der Waals surface area contributed by atoms with Gasteiger partial charge in [-0.2, -0.15) is 5.10 Å². The lowest BCUT2D eigenvalue weighted by Crippen LogP contribution is -2.32. The Bertz CT molecular complexity index is 943. The molecule has 1 atom stereocenters. The van der Waals surface area contributed by atoms with Crippen molar-refractivity contribution in [3.05, 3.63) is 74.9 Å². The van der Waals surface area contributed by atoms with Crippen LogP contribution in [0.1, 0.15) is 23.9 Å². The number of aromatic amines is 1. The van der Waals surface area contributed by atoms with E-state index in [9.17, 15) is 4.79 Å². The summed E-state index contributed by atoms with van der Waals surface area (Å²) in [5, 5.41) is 8.58. The van der Waals surface area contributed by atoms with Crippen molar-refractivity contribution in [3.63, 3.8) is 0 Å². The zero-order valence-electron chi connectivity index (χ0n) is 15.2. The maximum atomic E-state index is 12.2. The van der Waals surface area contributed by atoms with E-state index in [1.807, 2.05) is 48.9 Å². The molecule has 0 fully saturated rings. The predicted octanol–water partition coefficient (Wildman–Crippen LogP) is 3.69. The second-order valence-electron chi connectivity index (χ2n) is 6.64. The molecule has 3 rings (SSSR count). The average molecular weight is 371 g/mol. The molecule has 0 aliphatic rings. The van der Waals surface area contributed by atoms with Crippen molar-refractivity contribution in [2.24, 2.45) is 0 Å². The van der Waals surface area contributed by atoms with Gasteiger partial charge in [-0.15, -0.1) is 0 Å². The second-order valence-corrected chi connectivity index (χ2v) is 7.08. The third-order valence-electron chi connectivity index (χ3n) is 4.35. The highest BCUT2D eigenvalue weighted by molar-refractivity contribution is 6.30. The molecule has 0 bridgehead atoms. The molecule has 0 radical (unpaired) electrons. The summed E-state index contributed by atoms with van der Waals surface area (Å²) in [5.74, 6) is 0. The van der Waals surface area contributed by atoms with Gasteiger partial charge < -0.3 is 10.3 Å². The molecular weight excluding hydrogens is 348 g/mol. The summed E-state index contributed by atoms with van der Waals surface area (Å²) in [6.07, 6.45) is 1.73. The Kier molecular flexibility index (Phi) is 5.59. The maximum absolute atomic E-state index is 12.2. The number of nitrogens with one attached hydrogen (secondary N) is 2. The van der Waals surface area contributed by atoms with Crippen molar-refractivity contribution in [1.82, 2.24) is 20.1 Å².